The first kappa shape index (κ1) is 10.3. The zero-order chi connectivity index (χ0) is 10.9. The van der Waals surface area contributed by atoms with Crippen LogP contribution in [0.3, 0.4) is 0 Å². The average molecular weight is 206 g/mol. The van der Waals surface area contributed by atoms with E-state index < -0.39 is 34.7 Å². The molecule has 0 aliphatic heterocycles. The van der Waals surface area contributed by atoms with Gasteiger partial charge in [0.15, 0.2) is 17.4 Å². The van der Waals surface area contributed by atoms with Crippen molar-refractivity contribution < 1.29 is 23.1 Å². The van der Waals surface area contributed by atoms with Gasteiger partial charge in [0.05, 0.1) is 5.56 Å². The van der Waals surface area contributed by atoms with E-state index in [4.69, 9.17) is 5.11 Å². The molecular formula is C7H5F3N2O2. The average Bonchev–Trinajstić information content (AvgIpc) is 2.19. The molecule has 0 heterocycles. The highest BCUT2D eigenvalue weighted by atomic mass is 19.2. The van der Waals surface area contributed by atoms with Gasteiger partial charge in [-0.15, -0.1) is 0 Å². The van der Waals surface area contributed by atoms with Crippen LogP contribution in [0.5, 0.6) is 5.75 Å². The number of nitrogen functional groups attached to an aromatic ring is 1. The maximum absolute atomic E-state index is 12.9. The third-order valence-electron chi connectivity index (χ3n) is 1.51. The first-order chi connectivity index (χ1) is 6.49. The van der Waals surface area contributed by atoms with Crippen molar-refractivity contribution in [2.24, 2.45) is 5.84 Å². The summed E-state index contributed by atoms with van der Waals surface area (Å²) >= 11 is 0. The number of rotatable bonds is 1. The van der Waals surface area contributed by atoms with Crippen LogP contribution in [0.2, 0.25) is 0 Å². The monoisotopic (exact) mass is 206 g/mol. The molecule has 7 heteroatoms. The lowest BCUT2D eigenvalue weighted by molar-refractivity contribution is 0.0948. The van der Waals surface area contributed by atoms with Gasteiger partial charge in [-0.25, -0.2) is 14.6 Å². The zero-order valence-electron chi connectivity index (χ0n) is 6.64. The van der Waals surface area contributed by atoms with Crippen molar-refractivity contribution in [3.63, 3.8) is 0 Å². The minimum Gasteiger partial charge on any atom is -0.503 e. The van der Waals surface area contributed by atoms with Gasteiger partial charge in [0.1, 0.15) is 0 Å². The van der Waals surface area contributed by atoms with Crippen LogP contribution in [0, 0.1) is 17.5 Å². The minimum atomic E-state index is -1.75. The zero-order valence-corrected chi connectivity index (χ0v) is 6.64. The molecule has 0 saturated carbocycles. The summed E-state index contributed by atoms with van der Waals surface area (Å²) in [5.74, 6) is -2.93. The Balaban J connectivity index is 3.40. The molecule has 0 bridgehead atoms. The molecule has 1 aromatic carbocycles. The Morgan fingerprint density at radius 3 is 2.43 bits per heavy atom. The number of hydrogen-bond acceptors (Lipinski definition) is 3. The van der Waals surface area contributed by atoms with Crippen molar-refractivity contribution >= 4 is 5.91 Å². The molecule has 4 N–H and O–H groups in total. The van der Waals surface area contributed by atoms with Gasteiger partial charge >= 0.3 is 0 Å². The predicted octanol–water partition coefficient (Wildman–Crippen LogP) is 0.413. The second-order valence-electron chi connectivity index (χ2n) is 2.36. The second-order valence-corrected chi connectivity index (χ2v) is 2.36. The van der Waals surface area contributed by atoms with Gasteiger partial charge < -0.3 is 5.11 Å². The minimum absolute atomic E-state index is 0.298. The van der Waals surface area contributed by atoms with Crippen molar-refractivity contribution in [3.8, 4) is 5.75 Å². The molecular weight excluding hydrogens is 201 g/mol. The van der Waals surface area contributed by atoms with Gasteiger partial charge in [0, 0.05) is 0 Å². The molecule has 0 aliphatic rings. The number of hydrazine groups is 1. The predicted molar refractivity (Wildman–Crippen MR) is 39.6 cm³/mol. The largest absolute Gasteiger partial charge is 0.503 e. The molecule has 0 fully saturated rings. The second kappa shape index (κ2) is 3.54. The molecule has 1 rings (SSSR count). The molecule has 0 atom stereocenters. The van der Waals surface area contributed by atoms with Crippen LogP contribution in [-0.4, -0.2) is 11.0 Å². The number of nitrogens with two attached hydrogens (primary N) is 1. The maximum Gasteiger partial charge on any atom is 0.268 e. The summed E-state index contributed by atoms with van der Waals surface area (Å²) < 4.78 is 38.0. The Kier molecular flexibility index (Phi) is 2.61. The summed E-state index contributed by atoms with van der Waals surface area (Å²) in [5, 5.41) is 8.70. The molecule has 0 radical (unpaired) electrons. The topological polar surface area (TPSA) is 75.3 Å². The number of carbonyl (C=O) groups is 1. The highest BCUT2D eigenvalue weighted by Gasteiger charge is 2.21. The lowest BCUT2D eigenvalue weighted by Gasteiger charge is -2.04. The van der Waals surface area contributed by atoms with E-state index in [1.165, 1.54) is 5.43 Å². The van der Waals surface area contributed by atoms with Crippen molar-refractivity contribution in [3.05, 3.63) is 29.1 Å². The number of benzene rings is 1. The molecule has 0 aliphatic carbocycles. The molecule has 1 aromatic rings. The van der Waals surface area contributed by atoms with E-state index >= 15 is 0 Å². The Morgan fingerprint density at radius 1 is 1.36 bits per heavy atom. The fourth-order valence-corrected chi connectivity index (χ4v) is 0.833. The van der Waals surface area contributed by atoms with Crippen LogP contribution in [0.4, 0.5) is 13.2 Å². The fraction of sp³-hybridized carbons (Fsp3) is 0. The van der Waals surface area contributed by atoms with Crippen molar-refractivity contribution in [2.75, 3.05) is 0 Å². The number of carbonyl (C=O) groups excluding carboxylic acids is 1. The van der Waals surface area contributed by atoms with E-state index in [2.05, 4.69) is 5.84 Å². The fourth-order valence-electron chi connectivity index (χ4n) is 0.833. The first-order valence-electron chi connectivity index (χ1n) is 3.36. The van der Waals surface area contributed by atoms with E-state index in [9.17, 15) is 18.0 Å². The number of phenols is 1. The van der Waals surface area contributed by atoms with Crippen molar-refractivity contribution in [1.29, 1.82) is 0 Å². The molecule has 1 amide bonds. The quantitative estimate of drug-likeness (QED) is 0.269. The third-order valence-corrected chi connectivity index (χ3v) is 1.51. The molecule has 0 saturated heterocycles. The molecule has 14 heavy (non-hydrogen) atoms. The van der Waals surface area contributed by atoms with Crippen LogP contribution in [0.1, 0.15) is 10.4 Å². The van der Waals surface area contributed by atoms with Gasteiger partial charge in [0.25, 0.3) is 5.91 Å². The Labute approximate surface area is 76.1 Å². The van der Waals surface area contributed by atoms with Crippen molar-refractivity contribution in [2.45, 2.75) is 0 Å². The van der Waals surface area contributed by atoms with Gasteiger partial charge in [-0.05, 0) is 6.07 Å². The number of hydrogen-bond donors (Lipinski definition) is 3. The SMILES string of the molecule is NNC(=O)c1cc(F)c(F)c(O)c1F. The van der Waals surface area contributed by atoms with Crippen LogP contribution in [0.25, 0.3) is 0 Å². The normalized spacial score (nSPS) is 10.0. The molecule has 0 aromatic heterocycles. The highest BCUT2D eigenvalue weighted by Crippen LogP contribution is 2.25. The first-order valence-corrected chi connectivity index (χ1v) is 3.36. The van der Waals surface area contributed by atoms with E-state index in [1.54, 1.807) is 0 Å². The number of nitrogens with one attached hydrogen (secondary N) is 1. The summed E-state index contributed by atoms with van der Waals surface area (Å²) in [5.41, 5.74) is 0.645. The Bertz CT molecular complexity index is 395. The smallest absolute Gasteiger partial charge is 0.268 e. The molecule has 4 nitrogen and oxygen atoms in total. The van der Waals surface area contributed by atoms with E-state index in [-0.39, 0.29) is 0 Å². The van der Waals surface area contributed by atoms with Crippen molar-refractivity contribution in [1.82, 2.24) is 5.43 Å². The lowest BCUT2D eigenvalue weighted by atomic mass is 10.1. The Hall–Kier alpha value is -1.76. The van der Waals surface area contributed by atoms with Crippen LogP contribution >= 0.6 is 0 Å². The highest BCUT2D eigenvalue weighted by molar-refractivity contribution is 5.94. The lowest BCUT2D eigenvalue weighted by Crippen LogP contribution is -2.31. The molecule has 0 spiro atoms. The number of phenolic OH excluding ortho intramolecular Hbond substituents is 1. The van der Waals surface area contributed by atoms with Crippen LogP contribution in [0.15, 0.2) is 6.07 Å². The van der Waals surface area contributed by atoms with E-state index in [1.807, 2.05) is 0 Å². The summed E-state index contributed by atoms with van der Waals surface area (Å²) in [6.07, 6.45) is 0. The maximum atomic E-state index is 12.9. The number of amides is 1. The Morgan fingerprint density at radius 2 is 1.93 bits per heavy atom. The summed E-state index contributed by atoms with van der Waals surface area (Å²) in [6.45, 7) is 0. The molecule has 76 valence electrons. The third kappa shape index (κ3) is 1.49. The standard InChI is InChI=1S/C7H5F3N2O2/c8-3-1-2(7(14)12-11)4(9)6(13)5(3)10/h1,13H,11H2,(H,12,14). The van der Waals surface area contributed by atoms with Crippen LogP contribution < -0.4 is 11.3 Å². The van der Waals surface area contributed by atoms with E-state index in [0.29, 0.717) is 6.07 Å². The van der Waals surface area contributed by atoms with E-state index in [0.717, 1.165) is 0 Å². The number of aromatic hydroxyl groups is 1. The van der Waals surface area contributed by atoms with Gasteiger partial charge in [-0.3, -0.25) is 10.2 Å². The van der Waals surface area contributed by atoms with Crippen LogP contribution in [-0.2, 0) is 0 Å². The summed E-state index contributed by atoms with van der Waals surface area (Å²) in [4.78, 5) is 10.8. The van der Waals surface area contributed by atoms with Gasteiger partial charge in [-0.2, -0.15) is 4.39 Å². The van der Waals surface area contributed by atoms with Gasteiger partial charge in [-0.1, -0.05) is 0 Å². The summed E-state index contributed by atoms with van der Waals surface area (Å²) in [7, 11) is 0. The summed E-state index contributed by atoms with van der Waals surface area (Å²) in [6, 6.07) is 0.298. The molecule has 0 unspecified atom stereocenters. The van der Waals surface area contributed by atoms with Gasteiger partial charge in [0.2, 0.25) is 5.82 Å². The number of halogens is 3.